The van der Waals surface area contributed by atoms with Crippen LogP contribution in [0.15, 0.2) is 46.5 Å². The molecule has 3 rings (SSSR count). The van der Waals surface area contributed by atoms with E-state index in [4.69, 9.17) is 15.2 Å². The Hall–Kier alpha value is -1.72. The Bertz CT molecular complexity index is 631. The third-order valence-corrected chi connectivity index (χ3v) is 4.15. The Balaban J connectivity index is 1.82. The molecule has 0 fully saturated rings. The third-order valence-electron chi connectivity index (χ3n) is 3.23. The van der Waals surface area contributed by atoms with Crippen LogP contribution in [-0.2, 0) is 0 Å². The fourth-order valence-corrected chi connectivity index (χ4v) is 2.94. The summed E-state index contributed by atoms with van der Waals surface area (Å²) in [5.41, 5.74) is 7.00. The van der Waals surface area contributed by atoms with Crippen LogP contribution in [0.5, 0.6) is 11.5 Å². The van der Waals surface area contributed by atoms with Crippen molar-refractivity contribution in [2.45, 2.75) is 29.3 Å². The molecule has 0 aliphatic carbocycles. The van der Waals surface area contributed by atoms with E-state index in [2.05, 4.69) is 4.98 Å². The lowest BCUT2D eigenvalue weighted by Gasteiger charge is -2.10. The molecule has 2 N–H and O–H groups in total. The van der Waals surface area contributed by atoms with E-state index in [9.17, 15) is 0 Å². The number of aromatic nitrogens is 1. The van der Waals surface area contributed by atoms with E-state index in [1.807, 2.05) is 37.3 Å². The first-order valence-corrected chi connectivity index (χ1v) is 7.83. The minimum absolute atomic E-state index is 0.0103. The van der Waals surface area contributed by atoms with E-state index in [-0.39, 0.29) is 6.04 Å². The average Bonchev–Trinajstić information content (AvgIpc) is 2.72. The molecule has 5 heteroatoms. The van der Waals surface area contributed by atoms with Crippen LogP contribution >= 0.6 is 11.8 Å². The maximum absolute atomic E-state index is 5.91. The van der Waals surface area contributed by atoms with E-state index in [1.165, 1.54) is 0 Å². The van der Waals surface area contributed by atoms with Gasteiger partial charge in [0.1, 0.15) is 5.03 Å². The summed E-state index contributed by atoms with van der Waals surface area (Å²) in [5.74, 6) is 1.62. The Morgan fingerprint density at radius 3 is 2.76 bits per heavy atom. The number of fused-ring (bicyclic) bond motifs is 1. The van der Waals surface area contributed by atoms with Crippen LogP contribution < -0.4 is 15.2 Å². The number of pyridine rings is 1. The molecule has 21 heavy (non-hydrogen) atoms. The lowest BCUT2D eigenvalue weighted by molar-refractivity contribution is 0.297. The predicted octanol–water partition coefficient (Wildman–Crippen LogP) is 3.41. The third kappa shape index (κ3) is 3.49. The molecule has 4 nitrogen and oxygen atoms in total. The zero-order valence-electron chi connectivity index (χ0n) is 11.9. The maximum atomic E-state index is 5.91. The first kappa shape index (κ1) is 14.2. The van der Waals surface area contributed by atoms with Gasteiger partial charge in [-0.3, -0.25) is 0 Å². The van der Waals surface area contributed by atoms with Gasteiger partial charge in [0.25, 0.3) is 0 Å². The maximum Gasteiger partial charge on any atom is 0.162 e. The average molecular weight is 302 g/mol. The second-order valence-electron chi connectivity index (χ2n) is 4.98. The van der Waals surface area contributed by atoms with Crippen molar-refractivity contribution in [2.75, 3.05) is 13.2 Å². The lowest BCUT2D eigenvalue weighted by atomic mass is 10.1. The normalized spacial score (nSPS) is 15.3. The van der Waals surface area contributed by atoms with Gasteiger partial charge in [-0.25, -0.2) is 4.98 Å². The highest BCUT2D eigenvalue weighted by atomic mass is 32.2. The Morgan fingerprint density at radius 1 is 1.14 bits per heavy atom. The summed E-state index contributed by atoms with van der Waals surface area (Å²) in [6.07, 6.45) is 2.71. The summed E-state index contributed by atoms with van der Waals surface area (Å²) < 4.78 is 11.3. The van der Waals surface area contributed by atoms with Crippen molar-refractivity contribution in [2.24, 2.45) is 5.73 Å². The van der Waals surface area contributed by atoms with Crippen molar-refractivity contribution >= 4 is 11.8 Å². The molecule has 0 bridgehead atoms. The number of rotatable bonds is 3. The van der Waals surface area contributed by atoms with Gasteiger partial charge in [0.2, 0.25) is 0 Å². The molecule has 0 unspecified atom stereocenters. The van der Waals surface area contributed by atoms with Gasteiger partial charge in [-0.1, -0.05) is 11.8 Å². The van der Waals surface area contributed by atoms with E-state index < -0.39 is 0 Å². The van der Waals surface area contributed by atoms with Crippen molar-refractivity contribution in [3.8, 4) is 11.5 Å². The zero-order chi connectivity index (χ0) is 14.7. The fourth-order valence-electron chi connectivity index (χ4n) is 2.09. The summed E-state index contributed by atoms with van der Waals surface area (Å²) in [6, 6.07) is 9.97. The summed E-state index contributed by atoms with van der Waals surface area (Å²) in [4.78, 5) is 5.46. The van der Waals surface area contributed by atoms with Gasteiger partial charge >= 0.3 is 0 Å². The van der Waals surface area contributed by atoms with Gasteiger partial charge < -0.3 is 15.2 Å². The van der Waals surface area contributed by atoms with Crippen LogP contribution in [0, 0.1) is 0 Å². The molecule has 1 aliphatic rings. The highest BCUT2D eigenvalue weighted by Crippen LogP contribution is 2.36. The highest BCUT2D eigenvalue weighted by Gasteiger charge is 2.11. The number of nitrogens with zero attached hydrogens (tertiary/aromatic N) is 1. The van der Waals surface area contributed by atoms with Crippen molar-refractivity contribution in [1.29, 1.82) is 0 Å². The van der Waals surface area contributed by atoms with E-state index >= 15 is 0 Å². The molecule has 0 saturated carbocycles. The second kappa shape index (κ2) is 6.37. The first-order valence-electron chi connectivity index (χ1n) is 7.01. The fraction of sp³-hybridized carbons (Fsp3) is 0.312. The minimum atomic E-state index is 0.0103. The van der Waals surface area contributed by atoms with Crippen molar-refractivity contribution in [3.63, 3.8) is 0 Å². The molecule has 0 amide bonds. The number of ether oxygens (including phenoxy) is 2. The van der Waals surface area contributed by atoms with Crippen molar-refractivity contribution in [1.82, 2.24) is 4.98 Å². The quantitative estimate of drug-likeness (QED) is 0.941. The van der Waals surface area contributed by atoms with Crippen molar-refractivity contribution in [3.05, 3.63) is 42.1 Å². The molecule has 1 aliphatic heterocycles. The zero-order valence-corrected chi connectivity index (χ0v) is 12.7. The van der Waals surface area contributed by atoms with E-state index in [0.29, 0.717) is 13.2 Å². The van der Waals surface area contributed by atoms with E-state index in [0.717, 1.165) is 33.4 Å². The second-order valence-corrected chi connectivity index (χ2v) is 6.07. The smallest absolute Gasteiger partial charge is 0.162 e. The van der Waals surface area contributed by atoms with Gasteiger partial charge in [0.15, 0.2) is 11.5 Å². The monoisotopic (exact) mass is 302 g/mol. The Labute approximate surface area is 128 Å². The molecule has 1 aromatic carbocycles. The molecule has 1 aromatic heterocycles. The van der Waals surface area contributed by atoms with Crippen LogP contribution in [0.4, 0.5) is 0 Å². The highest BCUT2D eigenvalue weighted by molar-refractivity contribution is 7.99. The summed E-state index contributed by atoms with van der Waals surface area (Å²) in [7, 11) is 0. The standard InChI is InChI=1S/C16H18N2O2S/c1-11(17)12-5-6-18-16(9-12)21-13-3-4-14-15(10-13)20-8-2-7-19-14/h3-6,9-11H,2,7-8,17H2,1H3/t11-/m1/s1. The molecular formula is C16H18N2O2S. The summed E-state index contributed by atoms with van der Waals surface area (Å²) in [5, 5.41) is 0.930. The molecule has 0 saturated heterocycles. The largest absolute Gasteiger partial charge is 0.490 e. The molecule has 110 valence electrons. The molecule has 0 spiro atoms. The topological polar surface area (TPSA) is 57.4 Å². The van der Waals surface area contributed by atoms with Crippen molar-refractivity contribution < 1.29 is 9.47 Å². The van der Waals surface area contributed by atoms with Gasteiger partial charge in [0.05, 0.1) is 13.2 Å². The molecule has 1 atom stereocenters. The van der Waals surface area contributed by atoms with Gasteiger partial charge in [-0.05, 0) is 42.8 Å². The summed E-state index contributed by atoms with van der Waals surface area (Å²) >= 11 is 1.60. The number of hydrogen-bond donors (Lipinski definition) is 1. The molecule has 2 aromatic rings. The SMILES string of the molecule is C[C@@H](N)c1ccnc(Sc2ccc3c(c2)OCCCO3)c1. The van der Waals surface area contributed by atoms with Crippen LogP contribution in [-0.4, -0.2) is 18.2 Å². The molecule has 2 heterocycles. The van der Waals surface area contributed by atoms with Gasteiger partial charge in [-0.15, -0.1) is 0 Å². The number of benzene rings is 1. The van der Waals surface area contributed by atoms with Crippen LogP contribution in [0.25, 0.3) is 0 Å². The number of nitrogens with two attached hydrogens (primary N) is 1. The Morgan fingerprint density at radius 2 is 1.95 bits per heavy atom. The van der Waals surface area contributed by atoms with Gasteiger partial charge in [-0.2, -0.15) is 0 Å². The molecule has 0 radical (unpaired) electrons. The van der Waals surface area contributed by atoms with Crippen LogP contribution in [0.1, 0.15) is 24.9 Å². The first-order chi connectivity index (χ1) is 10.2. The van der Waals surface area contributed by atoms with Crippen LogP contribution in [0.2, 0.25) is 0 Å². The van der Waals surface area contributed by atoms with Crippen LogP contribution in [0.3, 0.4) is 0 Å². The predicted molar refractivity (Wildman–Crippen MR) is 83.0 cm³/mol. The summed E-state index contributed by atoms with van der Waals surface area (Å²) in [6.45, 7) is 3.37. The van der Waals surface area contributed by atoms with E-state index in [1.54, 1.807) is 18.0 Å². The molecular weight excluding hydrogens is 284 g/mol. The Kier molecular flexibility index (Phi) is 4.31. The number of hydrogen-bond acceptors (Lipinski definition) is 5. The minimum Gasteiger partial charge on any atom is -0.490 e. The lowest BCUT2D eigenvalue weighted by Crippen LogP contribution is -2.04. The van der Waals surface area contributed by atoms with Gasteiger partial charge in [0, 0.05) is 23.6 Å².